The minimum Gasteiger partial charge on any atom is -0.497 e. The van der Waals surface area contributed by atoms with Gasteiger partial charge in [0.15, 0.2) is 11.5 Å². The topological polar surface area (TPSA) is 78.2 Å². The molecule has 162 valence electrons. The Morgan fingerprint density at radius 1 is 1.03 bits per heavy atom. The van der Waals surface area contributed by atoms with Crippen LogP contribution in [0.2, 0.25) is 0 Å². The number of amides is 1. The van der Waals surface area contributed by atoms with Crippen molar-refractivity contribution in [1.82, 2.24) is 4.90 Å². The molecule has 1 aliphatic rings. The van der Waals surface area contributed by atoms with Gasteiger partial charge in [0.1, 0.15) is 11.3 Å². The van der Waals surface area contributed by atoms with Crippen LogP contribution in [0.4, 0.5) is 0 Å². The fraction of sp³-hybridized carbons (Fsp3) is 0.333. The van der Waals surface area contributed by atoms with Gasteiger partial charge in [0.25, 0.3) is 0 Å². The van der Waals surface area contributed by atoms with E-state index >= 15 is 0 Å². The molecule has 1 amide bonds. The summed E-state index contributed by atoms with van der Waals surface area (Å²) < 4.78 is 21.4. The highest BCUT2D eigenvalue weighted by Gasteiger charge is 2.25. The lowest BCUT2D eigenvalue weighted by Gasteiger charge is -2.29. The van der Waals surface area contributed by atoms with Gasteiger partial charge in [0, 0.05) is 24.5 Å². The molecule has 0 saturated heterocycles. The Morgan fingerprint density at radius 3 is 2.42 bits per heavy atom. The van der Waals surface area contributed by atoms with Gasteiger partial charge in [-0.3, -0.25) is 4.79 Å². The molecular weight excluding hydrogens is 398 g/mol. The fourth-order valence-corrected chi connectivity index (χ4v) is 4.06. The van der Waals surface area contributed by atoms with E-state index in [1.54, 1.807) is 32.3 Å². The van der Waals surface area contributed by atoms with Gasteiger partial charge in [0.05, 0.1) is 33.3 Å². The van der Waals surface area contributed by atoms with Crippen LogP contribution in [-0.2, 0) is 24.2 Å². The zero-order valence-electron chi connectivity index (χ0n) is 18.1. The quantitative estimate of drug-likeness (QED) is 0.586. The van der Waals surface area contributed by atoms with E-state index in [2.05, 4.69) is 0 Å². The van der Waals surface area contributed by atoms with Crippen molar-refractivity contribution in [2.24, 2.45) is 0 Å². The first-order valence-corrected chi connectivity index (χ1v) is 10.1. The van der Waals surface area contributed by atoms with Gasteiger partial charge in [-0.15, -0.1) is 0 Å². The Bertz CT molecular complexity index is 1210. The largest absolute Gasteiger partial charge is 0.497 e. The van der Waals surface area contributed by atoms with Gasteiger partial charge >= 0.3 is 5.63 Å². The summed E-state index contributed by atoms with van der Waals surface area (Å²) in [5.41, 5.74) is 3.26. The molecule has 0 spiro atoms. The van der Waals surface area contributed by atoms with Crippen LogP contribution in [-0.4, -0.2) is 38.7 Å². The minimum absolute atomic E-state index is 0.00123. The van der Waals surface area contributed by atoms with Crippen LogP contribution in [0.1, 0.15) is 22.3 Å². The number of hydrogen-bond acceptors (Lipinski definition) is 6. The molecule has 0 radical (unpaired) electrons. The smallest absolute Gasteiger partial charge is 0.340 e. The first-order valence-electron chi connectivity index (χ1n) is 10.1. The van der Waals surface area contributed by atoms with Crippen molar-refractivity contribution in [2.45, 2.75) is 26.3 Å². The van der Waals surface area contributed by atoms with E-state index in [1.165, 1.54) is 0 Å². The number of carbonyl (C=O) groups is 1. The van der Waals surface area contributed by atoms with Crippen molar-refractivity contribution in [2.75, 3.05) is 27.9 Å². The SMILES string of the molecule is COc1ccc2c(C)c(CC(=O)N3CCc4cc(OC)c(OC)cc4C3)c(=O)oc2c1. The average Bonchev–Trinajstić information content (AvgIpc) is 2.79. The number of fused-ring (bicyclic) bond motifs is 2. The summed E-state index contributed by atoms with van der Waals surface area (Å²) in [6.45, 7) is 2.89. The number of nitrogens with zero attached hydrogens (tertiary/aromatic N) is 1. The third-order valence-corrected chi connectivity index (χ3v) is 5.89. The zero-order valence-corrected chi connectivity index (χ0v) is 18.1. The first-order chi connectivity index (χ1) is 14.9. The van der Waals surface area contributed by atoms with Gasteiger partial charge in [-0.2, -0.15) is 0 Å². The molecule has 7 heteroatoms. The molecule has 0 bridgehead atoms. The molecule has 0 unspecified atom stereocenters. The highest BCUT2D eigenvalue weighted by atomic mass is 16.5. The van der Waals surface area contributed by atoms with Crippen LogP contribution in [0, 0.1) is 6.92 Å². The van der Waals surface area contributed by atoms with Crippen LogP contribution < -0.4 is 19.8 Å². The van der Waals surface area contributed by atoms with Crippen LogP contribution in [0.25, 0.3) is 11.0 Å². The van der Waals surface area contributed by atoms with E-state index in [-0.39, 0.29) is 12.3 Å². The lowest BCUT2D eigenvalue weighted by molar-refractivity contribution is -0.131. The van der Waals surface area contributed by atoms with E-state index in [0.29, 0.717) is 47.9 Å². The van der Waals surface area contributed by atoms with E-state index in [9.17, 15) is 9.59 Å². The van der Waals surface area contributed by atoms with E-state index in [4.69, 9.17) is 18.6 Å². The number of aryl methyl sites for hydroxylation is 1. The Hall–Kier alpha value is -3.48. The summed E-state index contributed by atoms with van der Waals surface area (Å²) in [7, 11) is 4.76. The number of methoxy groups -OCH3 is 3. The van der Waals surface area contributed by atoms with Crippen molar-refractivity contribution in [3.05, 3.63) is 63.0 Å². The monoisotopic (exact) mass is 423 g/mol. The predicted octanol–water partition coefficient (Wildman–Crippen LogP) is 3.25. The normalized spacial score (nSPS) is 13.1. The number of carbonyl (C=O) groups excluding carboxylic acids is 1. The van der Waals surface area contributed by atoms with Crippen molar-refractivity contribution in [3.63, 3.8) is 0 Å². The summed E-state index contributed by atoms with van der Waals surface area (Å²) in [4.78, 5) is 27.5. The molecule has 3 aromatic rings. The Kier molecular flexibility index (Phi) is 5.59. The summed E-state index contributed by atoms with van der Waals surface area (Å²) >= 11 is 0. The molecule has 1 aliphatic heterocycles. The Morgan fingerprint density at radius 2 is 1.74 bits per heavy atom. The zero-order chi connectivity index (χ0) is 22.1. The van der Waals surface area contributed by atoms with Crippen LogP contribution >= 0.6 is 0 Å². The number of hydrogen-bond donors (Lipinski definition) is 0. The number of rotatable bonds is 5. The van der Waals surface area contributed by atoms with Gasteiger partial charge in [-0.05, 0) is 54.3 Å². The standard InChI is InChI=1S/C24H25NO6/c1-14-18-6-5-17(28-2)11-20(18)31-24(27)19(14)12-23(26)25-8-7-15-9-21(29-3)22(30-4)10-16(15)13-25/h5-6,9-11H,7-8,12-13H2,1-4H3. The van der Waals surface area contributed by atoms with Gasteiger partial charge in [-0.25, -0.2) is 4.79 Å². The van der Waals surface area contributed by atoms with Crippen molar-refractivity contribution in [1.29, 1.82) is 0 Å². The van der Waals surface area contributed by atoms with Crippen LogP contribution in [0.3, 0.4) is 0 Å². The first kappa shape index (κ1) is 20.8. The van der Waals surface area contributed by atoms with E-state index < -0.39 is 5.63 Å². The highest BCUT2D eigenvalue weighted by Crippen LogP contribution is 2.33. The van der Waals surface area contributed by atoms with Gasteiger partial charge in [0.2, 0.25) is 5.91 Å². The third kappa shape index (κ3) is 3.83. The second-order valence-electron chi connectivity index (χ2n) is 7.57. The van der Waals surface area contributed by atoms with Crippen LogP contribution in [0.5, 0.6) is 17.2 Å². The molecular formula is C24H25NO6. The molecule has 7 nitrogen and oxygen atoms in total. The predicted molar refractivity (Wildman–Crippen MR) is 116 cm³/mol. The molecule has 0 fully saturated rings. The van der Waals surface area contributed by atoms with E-state index in [1.807, 2.05) is 31.2 Å². The summed E-state index contributed by atoms with van der Waals surface area (Å²) in [6.07, 6.45) is 0.714. The van der Waals surface area contributed by atoms with Gasteiger partial charge < -0.3 is 23.5 Å². The molecule has 0 atom stereocenters. The molecule has 0 N–H and O–H groups in total. The maximum atomic E-state index is 13.1. The van der Waals surface area contributed by atoms with E-state index in [0.717, 1.165) is 22.1 Å². The van der Waals surface area contributed by atoms with Crippen molar-refractivity contribution in [3.8, 4) is 17.2 Å². The highest BCUT2D eigenvalue weighted by molar-refractivity contribution is 5.85. The molecule has 0 saturated carbocycles. The Labute approximate surface area is 180 Å². The fourth-order valence-electron chi connectivity index (χ4n) is 4.06. The summed E-state index contributed by atoms with van der Waals surface area (Å²) in [5, 5.41) is 0.795. The lowest BCUT2D eigenvalue weighted by atomic mass is 9.97. The summed E-state index contributed by atoms with van der Waals surface area (Å²) in [6, 6.07) is 9.21. The Balaban J connectivity index is 1.59. The van der Waals surface area contributed by atoms with Crippen molar-refractivity contribution >= 4 is 16.9 Å². The minimum atomic E-state index is -0.490. The maximum absolute atomic E-state index is 13.1. The summed E-state index contributed by atoms with van der Waals surface area (Å²) in [5.74, 6) is 1.82. The second-order valence-corrected chi connectivity index (χ2v) is 7.57. The molecule has 31 heavy (non-hydrogen) atoms. The van der Waals surface area contributed by atoms with Gasteiger partial charge in [-0.1, -0.05) is 0 Å². The molecule has 4 rings (SSSR count). The van der Waals surface area contributed by atoms with Crippen molar-refractivity contribution < 1.29 is 23.4 Å². The number of benzene rings is 2. The molecule has 2 heterocycles. The lowest BCUT2D eigenvalue weighted by Crippen LogP contribution is -2.37. The molecule has 1 aromatic heterocycles. The average molecular weight is 423 g/mol. The number of ether oxygens (including phenoxy) is 3. The molecule has 2 aromatic carbocycles. The third-order valence-electron chi connectivity index (χ3n) is 5.89. The molecule has 0 aliphatic carbocycles. The second kappa shape index (κ2) is 8.34. The van der Waals surface area contributed by atoms with Crippen LogP contribution in [0.15, 0.2) is 39.5 Å². The maximum Gasteiger partial charge on any atom is 0.340 e.